The van der Waals surface area contributed by atoms with E-state index in [-0.39, 0.29) is 24.0 Å². The predicted octanol–water partition coefficient (Wildman–Crippen LogP) is 3.54. The second-order valence-electron chi connectivity index (χ2n) is 6.16. The molecule has 1 fully saturated rings. The number of nitrogens with zero attached hydrogens (tertiary/aromatic N) is 1. The highest BCUT2D eigenvalue weighted by atomic mass is 127. The number of nitrogens with one attached hydrogen (secondary N) is 2. The van der Waals surface area contributed by atoms with Crippen molar-refractivity contribution in [3.05, 3.63) is 30.3 Å². The molecular weight excluding hydrogens is 461 g/mol. The Hall–Kier alpha value is -0.510. The summed E-state index contributed by atoms with van der Waals surface area (Å²) in [6.07, 6.45) is 3.40. The lowest BCUT2D eigenvalue weighted by molar-refractivity contribution is -0.0320. The number of guanidine groups is 1. The highest BCUT2D eigenvalue weighted by molar-refractivity contribution is 14.0. The van der Waals surface area contributed by atoms with Gasteiger partial charge in [-0.15, -0.1) is 35.7 Å². The van der Waals surface area contributed by atoms with Gasteiger partial charge in [0.05, 0.1) is 6.10 Å². The van der Waals surface area contributed by atoms with Crippen molar-refractivity contribution in [1.82, 2.24) is 10.6 Å². The summed E-state index contributed by atoms with van der Waals surface area (Å²) in [4.78, 5) is 5.58. The first-order valence-corrected chi connectivity index (χ1v) is 10.0. The number of thioether (sulfide) groups is 1. The van der Waals surface area contributed by atoms with Crippen molar-refractivity contribution in [1.29, 1.82) is 0 Å². The van der Waals surface area contributed by atoms with Crippen molar-refractivity contribution in [3.8, 4) is 0 Å². The quantitative estimate of drug-likeness (QED) is 0.181. The molecule has 1 unspecified atom stereocenters. The molecular formula is C19H32IN3O2S. The third-order valence-electron chi connectivity index (χ3n) is 4.00. The molecule has 26 heavy (non-hydrogen) atoms. The van der Waals surface area contributed by atoms with E-state index < -0.39 is 0 Å². The number of rotatable bonds is 9. The average Bonchev–Trinajstić information content (AvgIpc) is 2.65. The molecule has 0 aromatic heterocycles. The van der Waals surface area contributed by atoms with Crippen molar-refractivity contribution < 1.29 is 9.47 Å². The zero-order valence-corrected chi connectivity index (χ0v) is 18.9. The van der Waals surface area contributed by atoms with E-state index in [1.165, 1.54) is 4.90 Å². The van der Waals surface area contributed by atoms with Gasteiger partial charge in [-0.2, -0.15) is 0 Å². The van der Waals surface area contributed by atoms with E-state index in [4.69, 9.17) is 9.47 Å². The highest BCUT2D eigenvalue weighted by Gasteiger charge is 2.13. The van der Waals surface area contributed by atoms with Crippen molar-refractivity contribution in [2.75, 3.05) is 40.0 Å². The van der Waals surface area contributed by atoms with Crippen LogP contribution in [0.25, 0.3) is 0 Å². The minimum absolute atomic E-state index is 0. The first kappa shape index (κ1) is 23.5. The molecule has 0 aliphatic carbocycles. The molecule has 7 heteroatoms. The molecule has 1 heterocycles. The molecule has 0 saturated carbocycles. The number of benzene rings is 1. The van der Waals surface area contributed by atoms with Crippen molar-refractivity contribution >= 4 is 41.7 Å². The van der Waals surface area contributed by atoms with Gasteiger partial charge in [0.2, 0.25) is 0 Å². The van der Waals surface area contributed by atoms with Gasteiger partial charge in [-0.3, -0.25) is 4.99 Å². The van der Waals surface area contributed by atoms with Gasteiger partial charge in [0.1, 0.15) is 0 Å². The molecule has 1 aromatic carbocycles. The van der Waals surface area contributed by atoms with Crippen LogP contribution in [-0.2, 0) is 9.47 Å². The summed E-state index contributed by atoms with van der Waals surface area (Å²) in [5, 5.41) is 7.21. The van der Waals surface area contributed by atoms with Crippen molar-refractivity contribution in [2.24, 2.45) is 4.99 Å². The molecule has 1 aliphatic rings. The third-order valence-corrected chi connectivity index (χ3v) is 5.11. The summed E-state index contributed by atoms with van der Waals surface area (Å²) < 4.78 is 11.2. The van der Waals surface area contributed by atoms with E-state index in [1.807, 2.05) is 24.9 Å². The van der Waals surface area contributed by atoms with Gasteiger partial charge in [-0.05, 0) is 31.4 Å². The molecule has 1 saturated heterocycles. The largest absolute Gasteiger partial charge is 0.381 e. The van der Waals surface area contributed by atoms with Crippen LogP contribution in [0.4, 0.5) is 0 Å². The minimum Gasteiger partial charge on any atom is -0.381 e. The second-order valence-corrected chi connectivity index (χ2v) is 7.67. The molecule has 2 N–H and O–H groups in total. The number of aliphatic imine (C=N–C) groups is 1. The van der Waals surface area contributed by atoms with Gasteiger partial charge in [0.25, 0.3) is 0 Å². The predicted molar refractivity (Wildman–Crippen MR) is 121 cm³/mol. The molecule has 0 bridgehead atoms. The summed E-state index contributed by atoms with van der Waals surface area (Å²) in [7, 11) is 1.81. The molecule has 0 amide bonds. The van der Waals surface area contributed by atoms with E-state index in [0.717, 1.165) is 58.1 Å². The molecule has 5 nitrogen and oxygen atoms in total. The Bertz CT molecular complexity index is 499. The Morgan fingerprint density at radius 2 is 2.00 bits per heavy atom. The number of hydrogen-bond donors (Lipinski definition) is 2. The fourth-order valence-corrected chi connectivity index (χ4v) is 3.55. The number of hydrogen-bond acceptors (Lipinski definition) is 4. The lowest BCUT2D eigenvalue weighted by atomic mass is 10.1. The van der Waals surface area contributed by atoms with Gasteiger partial charge < -0.3 is 20.1 Å². The fraction of sp³-hybridized carbons (Fsp3) is 0.632. The molecule has 148 valence electrons. The van der Waals surface area contributed by atoms with Crippen LogP contribution >= 0.6 is 35.7 Å². The summed E-state index contributed by atoms with van der Waals surface area (Å²) in [6, 6.07) is 10.5. The van der Waals surface area contributed by atoms with Crippen LogP contribution in [0.3, 0.4) is 0 Å². The SMILES string of the molecule is CN=C(NCCCOC1CCOCC1)NCC(C)Sc1ccccc1.I. The third kappa shape index (κ3) is 9.99. The number of ether oxygens (including phenoxy) is 2. The van der Waals surface area contributed by atoms with E-state index in [2.05, 4.69) is 46.8 Å². The van der Waals surface area contributed by atoms with Crippen molar-refractivity contribution in [3.63, 3.8) is 0 Å². The van der Waals surface area contributed by atoms with Gasteiger partial charge in [0.15, 0.2) is 5.96 Å². The van der Waals surface area contributed by atoms with Crippen LogP contribution in [0.2, 0.25) is 0 Å². The molecule has 0 spiro atoms. The van der Waals surface area contributed by atoms with Gasteiger partial charge in [-0.1, -0.05) is 25.1 Å². The Morgan fingerprint density at radius 3 is 2.69 bits per heavy atom. The van der Waals surface area contributed by atoms with Gasteiger partial charge in [0, 0.05) is 50.1 Å². The first-order valence-electron chi connectivity index (χ1n) is 9.13. The van der Waals surface area contributed by atoms with E-state index in [1.54, 1.807) is 0 Å². The normalized spacial score (nSPS) is 16.6. The fourth-order valence-electron chi connectivity index (χ4n) is 2.61. The van der Waals surface area contributed by atoms with Crippen LogP contribution in [0.1, 0.15) is 26.2 Å². The van der Waals surface area contributed by atoms with Crippen LogP contribution in [0, 0.1) is 0 Å². The Kier molecular flexibility index (Phi) is 13.2. The summed E-state index contributed by atoms with van der Waals surface area (Å²) >= 11 is 1.87. The monoisotopic (exact) mass is 493 g/mol. The van der Waals surface area contributed by atoms with E-state index >= 15 is 0 Å². The van der Waals surface area contributed by atoms with Crippen LogP contribution < -0.4 is 10.6 Å². The van der Waals surface area contributed by atoms with Gasteiger partial charge >= 0.3 is 0 Å². The van der Waals surface area contributed by atoms with Gasteiger partial charge in [-0.25, -0.2) is 0 Å². The standard InChI is InChI=1S/C19H31N3O2S.HI/c1-16(25-18-7-4-3-5-8-18)15-22-19(20-2)21-11-6-12-24-17-9-13-23-14-10-17;/h3-5,7-8,16-17H,6,9-15H2,1-2H3,(H2,20,21,22);1H. The van der Waals surface area contributed by atoms with E-state index in [0.29, 0.717) is 11.4 Å². The van der Waals surface area contributed by atoms with Crippen molar-refractivity contribution in [2.45, 2.75) is 42.4 Å². The maximum Gasteiger partial charge on any atom is 0.191 e. The summed E-state index contributed by atoms with van der Waals surface area (Å²) in [5.74, 6) is 0.853. The Labute approximate surface area is 179 Å². The lowest BCUT2D eigenvalue weighted by Crippen LogP contribution is -2.40. The lowest BCUT2D eigenvalue weighted by Gasteiger charge is -2.22. The average molecular weight is 493 g/mol. The maximum atomic E-state index is 5.88. The Morgan fingerprint density at radius 1 is 1.27 bits per heavy atom. The van der Waals surface area contributed by atoms with Crippen LogP contribution in [0.5, 0.6) is 0 Å². The maximum absolute atomic E-state index is 5.88. The second kappa shape index (κ2) is 14.5. The zero-order chi connectivity index (χ0) is 17.7. The molecule has 0 radical (unpaired) electrons. The summed E-state index contributed by atoms with van der Waals surface area (Å²) in [6.45, 7) is 6.41. The smallest absolute Gasteiger partial charge is 0.191 e. The Balaban J connectivity index is 0.00000338. The summed E-state index contributed by atoms with van der Waals surface area (Å²) in [5.41, 5.74) is 0. The molecule has 1 aromatic rings. The zero-order valence-electron chi connectivity index (χ0n) is 15.8. The topological polar surface area (TPSA) is 54.9 Å². The minimum atomic E-state index is 0. The molecule has 1 atom stereocenters. The highest BCUT2D eigenvalue weighted by Crippen LogP contribution is 2.21. The van der Waals surface area contributed by atoms with E-state index in [9.17, 15) is 0 Å². The molecule has 2 rings (SSSR count). The van der Waals surface area contributed by atoms with Crippen LogP contribution in [-0.4, -0.2) is 57.3 Å². The first-order chi connectivity index (χ1) is 12.3. The number of halogens is 1. The molecule has 1 aliphatic heterocycles. The van der Waals surface area contributed by atoms with Crippen LogP contribution in [0.15, 0.2) is 40.2 Å².